The normalized spacial score (nSPS) is 19.5. The molecular formula is C20H19BrN2O3. The predicted molar refractivity (Wildman–Crippen MR) is 102 cm³/mol. The number of ketones is 1. The van der Waals surface area contributed by atoms with Gasteiger partial charge in [0.15, 0.2) is 5.78 Å². The van der Waals surface area contributed by atoms with Gasteiger partial charge in [0, 0.05) is 10.0 Å². The topological polar surface area (TPSA) is 66.5 Å². The highest BCUT2D eigenvalue weighted by Crippen LogP contribution is 2.24. The highest BCUT2D eigenvalue weighted by molar-refractivity contribution is 9.10. The molecule has 0 saturated carbocycles. The van der Waals surface area contributed by atoms with E-state index in [-0.39, 0.29) is 18.2 Å². The van der Waals surface area contributed by atoms with Gasteiger partial charge in [0.1, 0.15) is 5.54 Å². The highest BCUT2D eigenvalue weighted by atomic mass is 79.9. The van der Waals surface area contributed by atoms with Crippen LogP contribution in [0.5, 0.6) is 0 Å². The average molecular weight is 415 g/mol. The quantitative estimate of drug-likeness (QED) is 0.580. The van der Waals surface area contributed by atoms with Crippen LogP contribution in [0.2, 0.25) is 0 Å². The van der Waals surface area contributed by atoms with Gasteiger partial charge < -0.3 is 5.32 Å². The van der Waals surface area contributed by atoms with Gasteiger partial charge in [0.05, 0.1) is 6.54 Å². The SMILES string of the molecule is C[C@]1(CCc2ccccc2)NC(=O)N(CC(=O)c2cccc(Br)c2)C1=O. The predicted octanol–water partition coefficient (Wildman–Crippen LogP) is 3.58. The van der Waals surface area contributed by atoms with E-state index in [2.05, 4.69) is 21.2 Å². The Kier molecular flexibility index (Phi) is 5.23. The number of nitrogens with zero attached hydrogens (tertiary/aromatic N) is 1. The lowest BCUT2D eigenvalue weighted by Gasteiger charge is -2.21. The number of rotatable bonds is 6. The molecular weight excluding hydrogens is 396 g/mol. The summed E-state index contributed by atoms with van der Waals surface area (Å²) in [5.74, 6) is -0.635. The van der Waals surface area contributed by atoms with Gasteiger partial charge >= 0.3 is 6.03 Å². The van der Waals surface area contributed by atoms with Crippen LogP contribution in [0.1, 0.15) is 29.3 Å². The minimum atomic E-state index is -0.996. The Morgan fingerprint density at radius 3 is 2.54 bits per heavy atom. The van der Waals surface area contributed by atoms with E-state index in [1.165, 1.54) is 0 Å². The zero-order chi connectivity index (χ0) is 18.7. The molecule has 0 bridgehead atoms. The Morgan fingerprint density at radius 1 is 1.12 bits per heavy atom. The number of benzene rings is 2. The molecule has 2 aromatic carbocycles. The molecule has 1 atom stereocenters. The van der Waals surface area contributed by atoms with Crippen LogP contribution in [0.15, 0.2) is 59.1 Å². The summed E-state index contributed by atoms with van der Waals surface area (Å²) in [6, 6.07) is 16.2. The number of hydrogen-bond donors (Lipinski definition) is 1. The van der Waals surface area contributed by atoms with Crippen LogP contribution in [-0.4, -0.2) is 34.7 Å². The Hall–Kier alpha value is -2.47. The van der Waals surface area contributed by atoms with Crippen molar-refractivity contribution in [3.8, 4) is 0 Å². The molecule has 1 N–H and O–H groups in total. The molecule has 0 radical (unpaired) electrons. The first-order valence-electron chi connectivity index (χ1n) is 8.36. The van der Waals surface area contributed by atoms with Crippen LogP contribution in [0.3, 0.4) is 0 Å². The summed E-state index contributed by atoms with van der Waals surface area (Å²) in [4.78, 5) is 38.5. The monoisotopic (exact) mass is 414 g/mol. The van der Waals surface area contributed by atoms with Crippen LogP contribution >= 0.6 is 15.9 Å². The average Bonchev–Trinajstić information content (AvgIpc) is 2.84. The van der Waals surface area contributed by atoms with Gasteiger partial charge in [-0.3, -0.25) is 14.5 Å². The maximum absolute atomic E-state index is 12.8. The van der Waals surface area contributed by atoms with Crippen molar-refractivity contribution in [2.45, 2.75) is 25.3 Å². The molecule has 0 aliphatic carbocycles. The third kappa shape index (κ3) is 3.85. The van der Waals surface area contributed by atoms with Crippen molar-refractivity contribution in [1.29, 1.82) is 0 Å². The third-order valence-corrected chi connectivity index (χ3v) is 5.04. The highest BCUT2D eigenvalue weighted by Gasteiger charge is 2.47. The molecule has 5 nitrogen and oxygen atoms in total. The number of imide groups is 1. The maximum Gasteiger partial charge on any atom is 0.325 e. The molecule has 0 unspecified atom stereocenters. The molecule has 26 heavy (non-hydrogen) atoms. The van der Waals surface area contributed by atoms with Gasteiger partial charge in [0.25, 0.3) is 5.91 Å². The fourth-order valence-electron chi connectivity index (χ4n) is 3.00. The van der Waals surface area contributed by atoms with Crippen molar-refractivity contribution in [3.63, 3.8) is 0 Å². The lowest BCUT2D eigenvalue weighted by atomic mass is 9.93. The van der Waals surface area contributed by atoms with Crippen molar-refractivity contribution >= 4 is 33.7 Å². The molecule has 0 aromatic heterocycles. The summed E-state index contributed by atoms with van der Waals surface area (Å²) in [6.07, 6.45) is 1.14. The number of nitrogens with one attached hydrogen (secondary N) is 1. The van der Waals surface area contributed by atoms with Crippen LogP contribution in [-0.2, 0) is 11.2 Å². The Labute approximate surface area is 160 Å². The molecule has 3 amide bonds. The van der Waals surface area contributed by atoms with Gasteiger partial charge in [0.2, 0.25) is 0 Å². The molecule has 2 aromatic rings. The second kappa shape index (κ2) is 7.41. The Balaban J connectivity index is 1.69. The number of amides is 3. The molecule has 1 aliphatic rings. The maximum atomic E-state index is 12.8. The standard InChI is InChI=1S/C20H19BrN2O3/c1-20(11-10-14-6-3-2-4-7-14)18(25)23(19(26)22-20)13-17(24)15-8-5-9-16(21)12-15/h2-9,12H,10-11,13H2,1H3,(H,22,26)/t20-/m1/s1. The van der Waals surface area contributed by atoms with Gasteiger partial charge in [-0.25, -0.2) is 4.79 Å². The van der Waals surface area contributed by atoms with Crippen molar-refractivity contribution in [2.24, 2.45) is 0 Å². The second-order valence-electron chi connectivity index (χ2n) is 6.57. The van der Waals surface area contributed by atoms with Crippen LogP contribution in [0, 0.1) is 0 Å². The molecule has 1 heterocycles. The minimum absolute atomic E-state index is 0.262. The molecule has 1 fully saturated rings. The van der Waals surface area contributed by atoms with Crippen LogP contribution in [0.4, 0.5) is 4.79 Å². The summed E-state index contributed by atoms with van der Waals surface area (Å²) in [7, 11) is 0. The van der Waals surface area contributed by atoms with E-state index in [0.717, 1.165) is 14.9 Å². The van der Waals surface area contributed by atoms with Crippen molar-refractivity contribution < 1.29 is 14.4 Å². The fraction of sp³-hybridized carbons (Fsp3) is 0.250. The van der Waals surface area contributed by atoms with Crippen molar-refractivity contribution in [1.82, 2.24) is 10.2 Å². The number of hydrogen-bond acceptors (Lipinski definition) is 3. The number of Topliss-reactive ketones (excluding diaryl/α,β-unsaturated/α-hetero) is 1. The van der Waals surface area contributed by atoms with E-state index < -0.39 is 11.6 Å². The summed E-state index contributed by atoms with van der Waals surface area (Å²) in [5.41, 5.74) is 0.557. The van der Waals surface area contributed by atoms with Crippen LogP contribution in [0.25, 0.3) is 0 Å². The lowest BCUT2D eigenvalue weighted by Crippen LogP contribution is -2.44. The molecule has 6 heteroatoms. The minimum Gasteiger partial charge on any atom is -0.323 e. The fourth-order valence-corrected chi connectivity index (χ4v) is 3.40. The van der Waals surface area contributed by atoms with Crippen molar-refractivity contribution in [3.05, 3.63) is 70.2 Å². The van der Waals surface area contributed by atoms with E-state index in [1.54, 1.807) is 25.1 Å². The largest absolute Gasteiger partial charge is 0.325 e. The first-order chi connectivity index (χ1) is 12.4. The van der Waals surface area contributed by atoms with E-state index in [4.69, 9.17) is 0 Å². The Bertz CT molecular complexity index is 853. The van der Waals surface area contributed by atoms with Gasteiger partial charge in [-0.15, -0.1) is 0 Å². The summed E-state index contributed by atoms with van der Waals surface area (Å²) in [5, 5.41) is 2.74. The van der Waals surface area contributed by atoms with Gasteiger partial charge in [-0.1, -0.05) is 58.4 Å². The number of aryl methyl sites for hydroxylation is 1. The molecule has 0 spiro atoms. The van der Waals surface area contributed by atoms with Crippen LogP contribution < -0.4 is 5.32 Å². The number of urea groups is 1. The zero-order valence-electron chi connectivity index (χ0n) is 14.4. The Morgan fingerprint density at radius 2 is 1.85 bits per heavy atom. The summed E-state index contributed by atoms with van der Waals surface area (Å²) in [6.45, 7) is 1.45. The zero-order valence-corrected chi connectivity index (χ0v) is 16.0. The number of carbonyl (C=O) groups is 3. The molecule has 134 valence electrons. The molecule has 1 saturated heterocycles. The van der Waals surface area contributed by atoms with Crippen molar-refractivity contribution in [2.75, 3.05) is 6.54 Å². The third-order valence-electron chi connectivity index (χ3n) is 4.55. The number of halogens is 1. The van der Waals surface area contributed by atoms with Gasteiger partial charge in [-0.05, 0) is 37.5 Å². The first kappa shape index (κ1) is 18.3. The van der Waals surface area contributed by atoms with Gasteiger partial charge in [-0.2, -0.15) is 0 Å². The van der Waals surface area contributed by atoms with E-state index in [9.17, 15) is 14.4 Å². The van der Waals surface area contributed by atoms with E-state index in [1.807, 2.05) is 36.4 Å². The summed E-state index contributed by atoms with van der Waals surface area (Å²) >= 11 is 3.32. The van der Waals surface area contributed by atoms with E-state index in [0.29, 0.717) is 18.4 Å². The molecule has 1 aliphatic heterocycles. The first-order valence-corrected chi connectivity index (χ1v) is 9.15. The molecule has 3 rings (SSSR count). The van der Waals surface area contributed by atoms with E-state index >= 15 is 0 Å². The lowest BCUT2D eigenvalue weighted by molar-refractivity contribution is -0.130. The summed E-state index contributed by atoms with van der Waals surface area (Å²) < 4.78 is 0.772. The smallest absolute Gasteiger partial charge is 0.323 e. The number of carbonyl (C=O) groups excluding carboxylic acids is 3. The second-order valence-corrected chi connectivity index (χ2v) is 7.49.